The van der Waals surface area contributed by atoms with Crippen LogP contribution in [0.4, 0.5) is 0 Å². The van der Waals surface area contributed by atoms with E-state index >= 15 is 0 Å². The third kappa shape index (κ3) is 26.8. The fraction of sp³-hybridized carbons (Fsp3) is 0.950. The molecule has 11 rings (SSSR count). The standard InChI is InChI=1S/C80H136N4O59/c1-18-39(100)49(110)54(115)74(124-18)137-64-32(15-93)132-73(38(84-23(6)97)67(64)141-78-58(119)53(114)44(105)28(11-89)129-78)143-69-47(108)34(17-123-71-37(83-22(5)96)66(140-75-55(116)50(111)40(101)19(2)125-75)63(31(14-92)131-71)138-76-56(117)51(112)42(103)26(9-87)127-76)134-80(60(69)121)136-62-30(13-91)130-70(35(48(62)109)81-20(3)94)122-16-33-46(107)68(59(120)79(133-33)135-61(25(99)8-86)41(102)24(98)7-85)142-72-36(82-21(4)95)65(45(106)29(12-90)126-72)139-77-57(118)52(113)43(104)27(10-88)128-77/h18-19,24-80,85-93,98-121H,7-17H2,1-6H3,(H,81,94)(H,82,95)(H,83,96)(H,84,97)/t18-,19-,24-,25+,26+,27+,28+,29+,30+,31+,32+,33+,34+,35+,36+,37+,38+,39+,40+,41+,42-,43-,44-,45+,46-,47-,48+,49+,50+,51-,52-,53-,54-,55-,56+,57+,58+,59+,60+,61+,62+,63+,64+,65+,66+,67+,68-,69-,70+,71+,72-,73-,74-,75-,76-,77-,78-,79-,80-/m0/s1. The number of rotatable bonds is 40. The number of amides is 4. The molecule has 11 aliphatic heterocycles. The second-order valence-electron chi connectivity index (χ2n) is 36.4. The first-order valence-electron chi connectivity index (χ1n) is 45.8. The van der Waals surface area contributed by atoms with Gasteiger partial charge in [-0.15, -0.1) is 0 Å². The number of carbonyl (C=O) groups excluding carboxylic acids is 4. The van der Waals surface area contributed by atoms with E-state index in [4.69, 9.17) is 104 Å². The van der Waals surface area contributed by atoms with Crippen molar-refractivity contribution in [3.05, 3.63) is 0 Å². The quantitative estimate of drug-likeness (QED) is 0.0271. The van der Waals surface area contributed by atoms with E-state index in [0.717, 1.165) is 27.7 Å². The second-order valence-corrected chi connectivity index (χ2v) is 36.4. The van der Waals surface area contributed by atoms with Crippen LogP contribution in [0.15, 0.2) is 0 Å². The molecule has 63 heteroatoms. The van der Waals surface area contributed by atoms with Crippen molar-refractivity contribution in [2.75, 3.05) is 72.7 Å². The molecule has 0 aliphatic carbocycles. The van der Waals surface area contributed by atoms with Crippen molar-refractivity contribution in [1.29, 1.82) is 0 Å². The minimum Gasteiger partial charge on any atom is -0.394 e. The van der Waals surface area contributed by atoms with Gasteiger partial charge in [-0.1, -0.05) is 0 Å². The molecule has 0 unspecified atom stereocenters. The van der Waals surface area contributed by atoms with Crippen LogP contribution < -0.4 is 21.3 Å². The number of ether oxygens (including phenoxy) is 22. The average Bonchev–Trinajstić information content (AvgIpc) is 0.470. The molecule has 4 amide bonds. The normalized spacial score (nSPS) is 48.3. The summed E-state index contributed by atoms with van der Waals surface area (Å²) in [5.41, 5.74) is 0. The molecule has 0 aromatic rings. The molecule has 0 saturated carbocycles. The molecule has 11 aliphatic rings. The van der Waals surface area contributed by atoms with Gasteiger partial charge in [-0.3, -0.25) is 19.2 Å². The van der Waals surface area contributed by atoms with Gasteiger partial charge in [-0.05, 0) is 13.8 Å². The van der Waals surface area contributed by atoms with Gasteiger partial charge in [0.15, 0.2) is 69.2 Å². The predicted molar refractivity (Wildman–Crippen MR) is 441 cm³/mol. The summed E-state index contributed by atoms with van der Waals surface area (Å²) >= 11 is 0. The lowest BCUT2D eigenvalue weighted by atomic mass is 9.93. The zero-order chi connectivity index (χ0) is 106. The summed E-state index contributed by atoms with van der Waals surface area (Å²) in [6.45, 7) is -7.36. The second kappa shape index (κ2) is 52.3. The highest BCUT2D eigenvalue weighted by Crippen LogP contribution is 2.43. The molecule has 37 N–H and O–H groups in total. The lowest BCUT2D eigenvalue weighted by Gasteiger charge is -2.52. The van der Waals surface area contributed by atoms with Crippen LogP contribution in [0.3, 0.4) is 0 Å². The van der Waals surface area contributed by atoms with Gasteiger partial charge in [0, 0.05) is 27.7 Å². The van der Waals surface area contributed by atoms with Crippen molar-refractivity contribution in [3.8, 4) is 0 Å². The maximum Gasteiger partial charge on any atom is 0.217 e. The molecule has 830 valence electrons. The van der Waals surface area contributed by atoms with Crippen LogP contribution in [0.1, 0.15) is 41.5 Å². The summed E-state index contributed by atoms with van der Waals surface area (Å²) in [7, 11) is 0. The number of hydrogen-bond donors (Lipinski definition) is 37. The summed E-state index contributed by atoms with van der Waals surface area (Å²) in [5.74, 6) is -4.19. The maximum absolute atomic E-state index is 13.8. The largest absolute Gasteiger partial charge is 0.394 e. The van der Waals surface area contributed by atoms with E-state index < -0.39 is 458 Å². The molecule has 0 aromatic heterocycles. The number of carbonyl (C=O) groups is 4. The molecule has 143 heavy (non-hydrogen) atoms. The van der Waals surface area contributed by atoms with Gasteiger partial charge in [0.1, 0.15) is 281 Å². The number of aliphatic hydroxyl groups excluding tert-OH is 33. The van der Waals surface area contributed by atoms with Gasteiger partial charge in [-0.25, -0.2) is 0 Å². The number of hydrogen-bond acceptors (Lipinski definition) is 59. The van der Waals surface area contributed by atoms with Crippen molar-refractivity contribution in [1.82, 2.24) is 21.3 Å². The molecular formula is C80H136N4O59. The van der Waals surface area contributed by atoms with Crippen molar-refractivity contribution in [2.24, 2.45) is 0 Å². The molecule has 11 saturated heterocycles. The van der Waals surface area contributed by atoms with Crippen LogP contribution in [-0.2, 0) is 123 Å². The number of aliphatic hydroxyl groups is 33. The highest BCUT2D eigenvalue weighted by Gasteiger charge is 2.64. The van der Waals surface area contributed by atoms with E-state index in [0.29, 0.717) is 0 Å². The summed E-state index contributed by atoms with van der Waals surface area (Å²) < 4.78 is 133. The first-order chi connectivity index (χ1) is 67.6. The Labute approximate surface area is 810 Å². The molecule has 0 aromatic carbocycles. The third-order valence-electron chi connectivity index (χ3n) is 26.2. The van der Waals surface area contributed by atoms with Crippen molar-refractivity contribution in [3.63, 3.8) is 0 Å². The molecule has 0 spiro atoms. The monoisotopic (exact) mass is 2100 g/mol. The van der Waals surface area contributed by atoms with E-state index in [1.807, 2.05) is 0 Å². The first-order valence-corrected chi connectivity index (χ1v) is 45.8. The van der Waals surface area contributed by atoms with Crippen LogP contribution in [0.25, 0.3) is 0 Å². The summed E-state index contributed by atoms with van der Waals surface area (Å²) in [5, 5.41) is 378. The van der Waals surface area contributed by atoms with Crippen LogP contribution in [0.5, 0.6) is 0 Å². The van der Waals surface area contributed by atoms with Gasteiger partial charge in [0.25, 0.3) is 0 Å². The van der Waals surface area contributed by atoms with Crippen LogP contribution in [0, 0.1) is 0 Å². The maximum atomic E-state index is 13.8. The van der Waals surface area contributed by atoms with Gasteiger partial charge >= 0.3 is 0 Å². The average molecular weight is 2100 g/mol. The van der Waals surface area contributed by atoms with E-state index in [1.54, 1.807) is 0 Å². The summed E-state index contributed by atoms with van der Waals surface area (Å²) in [6, 6.07) is -8.30. The molecular weight excluding hydrogens is 1960 g/mol. The molecule has 0 radical (unpaired) electrons. The minimum atomic E-state index is -2.70. The zero-order valence-electron chi connectivity index (χ0n) is 77.2. The SMILES string of the molecule is CC(=O)N[C@H]1[C@H](OC[C@H]2O[C@@H](O[C@@H]([C@H](O)[C@@H](O)CO)[C@H](O)CO)[C@H](O)[C@@H](O[C@@H]3O[C@H](CO)[C@@H](O)[C@H](O[C@@H]4O[C@H](CO)[C@H](O)[C@H](O)[C@H]4O)[C@H]3NC(C)=O)[C@H]2O)O[C@H](CO)[C@@H](O[C@@H]2O[C@H](CO[C@@H]3O[C@H](CO)[C@@H](O[C@@H]4O[C@H](CO)[C@H](O)[C@H](O)[C@H]4O)[C@H](O[C@@H]4O[C@@H](C)[C@@H](O)[C@@H](O)[C@@H]4O)[C@H]3NC(C)=O)[C@H](O)[C@H](O[C@@H]3O[C@H](CO)[C@@H](O[C@@H]4O[C@@H](C)[C@@H](O)[C@@H](O)[C@@H]4O)[C@H](O[C@@H]4O[C@H](CO)[C@H](O)[C@H](O)[C@H]4O)[C@H]3NC(C)=O)[C@H]2O)[C@@H]1O. The lowest BCUT2D eigenvalue weighted by molar-refractivity contribution is -0.394. The van der Waals surface area contributed by atoms with E-state index in [1.165, 1.54) is 13.8 Å². The fourth-order valence-electron chi connectivity index (χ4n) is 18.3. The van der Waals surface area contributed by atoms with Crippen LogP contribution in [0.2, 0.25) is 0 Å². The Morgan fingerprint density at radius 3 is 0.860 bits per heavy atom. The van der Waals surface area contributed by atoms with Crippen molar-refractivity contribution < 1.29 is 292 Å². The van der Waals surface area contributed by atoms with E-state index in [-0.39, 0.29) is 0 Å². The molecule has 11 fully saturated rings. The Bertz CT molecular complexity index is 3900. The topological polar surface area (TPSA) is 987 Å². The van der Waals surface area contributed by atoms with Crippen molar-refractivity contribution in [2.45, 2.75) is 403 Å². The Morgan fingerprint density at radius 2 is 0.490 bits per heavy atom. The molecule has 63 nitrogen and oxygen atoms in total. The zero-order valence-corrected chi connectivity index (χ0v) is 77.2. The van der Waals surface area contributed by atoms with Gasteiger partial charge in [-0.2, -0.15) is 0 Å². The molecule has 0 bridgehead atoms. The van der Waals surface area contributed by atoms with Crippen LogP contribution in [-0.4, -0.2) is 627 Å². The Morgan fingerprint density at radius 1 is 0.238 bits per heavy atom. The Balaban J connectivity index is 0.962. The summed E-state index contributed by atoms with van der Waals surface area (Å²) in [4.78, 5) is 54.1. The van der Waals surface area contributed by atoms with Gasteiger partial charge in [0.2, 0.25) is 23.6 Å². The molecule has 11 heterocycles. The van der Waals surface area contributed by atoms with Gasteiger partial charge in [0.05, 0.1) is 84.9 Å². The number of nitrogens with one attached hydrogen (secondary N) is 4. The molecule has 59 atom stereocenters. The first kappa shape index (κ1) is 119. The van der Waals surface area contributed by atoms with Crippen LogP contribution >= 0.6 is 0 Å². The Kier molecular flexibility index (Phi) is 43.5. The predicted octanol–water partition coefficient (Wildman–Crippen LogP) is -24.9. The highest BCUT2D eigenvalue weighted by atomic mass is 16.8. The van der Waals surface area contributed by atoms with Crippen molar-refractivity contribution >= 4 is 23.6 Å². The third-order valence-corrected chi connectivity index (χ3v) is 26.2. The fourth-order valence-corrected chi connectivity index (χ4v) is 18.3. The summed E-state index contributed by atoms with van der Waals surface area (Å²) in [6.07, 6.45) is -119. The van der Waals surface area contributed by atoms with E-state index in [9.17, 15) is 188 Å². The highest BCUT2D eigenvalue weighted by molar-refractivity contribution is 5.74. The Hall–Kier alpha value is -4.32. The lowest BCUT2D eigenvalue weighted by Crippen LogP contribution is -2.71. The minimum absolute atomic E-state index is 0.861. The smallest absolute Gasteiger partial charge is 0.217 e. The van der Waals surface area contributed by atoms with E-state index in [2.05, 4.69) is 21.3 Å². The van der Waals surface area contributed by atoms with Gasteiger partial charge < -0.3 is 294 Å².